The largest absolute Gasteiger partial charge is 0.465 e. The zero-order valence-corrected chi connectivity index (χ0v) is 21.7. The van der Waals surface area contributed by atoms with Crippen LogP contribution in [-0.4, -0.2) is 39.2 Å². The Labute approximate surface area is 230 Å². The molecule has 0 saturated heterocycles. The molecule has 0 fully saturated rings. The Morgan fingerprint density at radius 1 is 0.949 bits per heavy atom. The number of aliphatic hydroxyl groups is 1. The highest BCUT2D eigenvalue weighted by atomic mass is 35.5. The summed E-state index contributed by atoms with van der Waals surface area (Å²) in [7, 11) is 1.39. The van der Waals surface area contributed by atoms with Gasteiger partial charge in [-0.1, -0.05) is 66.7 Å². The monoisotopic (exact) mass is 540 g/mol. The number of fused-ring (bicyclic) bond motifs is 2. The molecule has 1 aliphatic heterocycles. The van der Waals surface area contributed by atoms with E-state index in [0.29, 0.717) is 39.8 Å². The van der Waals surface area contributed by atoms with Gasteiger partial charge < -0.3 is 15.2 Å². The number of H-pyrrole nitrogens is 1. The molecular formula is C30H25ClN4O4. The van der Waals surface area contributed by atoms with Gasteiger partial charge in [0.15, 0.2) is 5.72 Å². The number of imidazole rings is 1. The Hall–Kier alpha value is -4.66. The summed E-state index contributed by atoms with van der Waals surface area (Å²) in [5.74, 6) is -0.154. The predicted molar refractivity (Wildman–Crippen MR) is 152 cm³/mol. The second-order valence-corrected chi connectivity index (χ2v) is 9.32. The average molecular weight is 541 g/mol. The van der Waals surface area contributed by atoms with Crippen LogP contribution in [0.5, 0.6) is 0 Å². The van der Waals surface area contributed by atoms with Crippen molar-refractivity contribution in [1.82, 2.24) is 9.97 Å². The van der Waals surface area contributed by atoms with Gasteiger partial charge >= 0.3 is 6.09 Å². The zero-order chi connectivity index (χ0) is 26.4. The van der Waals surface area contributed by atoms with Crippen LogP contribution in [-0.2, 0) is 12.1 Å². The smallest absolute Gasteiger partial charge is 0.413 e. The Kier molecular flexibility index (Phi) is 6.59. The number of benzene rings is 4. The summed E-state index contributed by atoms with van der Waals surface area (Å²) in [5, 5.41) is 21.7. The highest BCUT2D eigenvalue weighted by molar-refractivity contribution is 6.12. The van der Waals surface area contributed by atoms with E-state index in [9.17, 15) is 19.8 Å². The summed E-state index contributed by atoms with van der Waals surface area (Å²) >= 11 is 0. The van der Waals surface area contributed by atoms with Crippen LogP contribution in [0.25, 0.3) is 11.0 Å². The molecule has 5 aromatic rings. The molecule has 0 bridgehead atoms. The number of carboxylic acid groups (broad SMARTS) is 1. The Bertz CT molecular complexity index is 1700. The van der Waals surface area contributed by atoms with E-state index in [0.717, 1.165) is 16.0 Å². The maximum absolute atomic E-state index is 13.8. The zero-order valence-electron chi connectivity index (χ0n) is 20.9. The first kappa shape index (κ1) is 26.0. The van der Waals surface area contributed by atoms with Crippen LogP contribution >= 0.6 is 12.4 Å². The van der Waals surface area contributed by atoms with Gasteiger partial charge in [-0.15, -0.1) is 12.4 Å². The summed E-state index contributed by atoms with van der Waals surface area (Å²) in [4.78, 5) is 34.9. The lowest BCUT2D eigenvalue weighted by Gasteiger charge is -2.35. The summed E-state index contributed by atoms with van der Waals surface area (Å²) in [6.07, 6.45) is -0.471. The van der Waals surface area contributed by atoms with Crippen LogP contribution in [0.4, 0.5) is 16.4 Å². The number of aromatic amines is 1. The second kappa shape index (κ2) is 9.90. The van der Waals surface area contributed by atoms with Crippen LogP contribution in [0.2, 0.25) is 0 Å². The highest BCUT2D eigenvalue weighted by Gasteiger charge is 2.50. The number of carbonyl (C=O) groups excluding carboxylic acids is 1. The van der Waals surface area contributed by atoms with Crippen LogP contribution in [0.1, 0.15) is 32.6 Å². The highest BCUT2D eigenvalue weighted by Crippen LogP contribution is 2.45. The normalized spacial score (nSPS) is 16.2. The fourth-order valence-electron chi connectivity index (χ4n) is 5.05. The lowest BCUT2D eigenvalue weighted by Crippen LogP contribution is -2.45. The quantitative estimate of drug-likeness (QED) is 0.271. The van der Waals surface area contributed by atoms with Crippen LogP contribution in [0, 0.1) is 0 Å². The molecule has 1 aliphatic rings. The minimum absolute atomic E-state index is 0. The number of nitrogens with zero attached hydrogens (tertiary/aromatic N) is 3. The number of nitrogens with one attached hydrogen (secondary N) is 1. The molecule has 2 heterocycles. The van der Waals surface area contributed by atoms with Gasteiger partial charge in [-0.2, -0.15) is 0 Å². The van der Waals surface area contributed by atoms with Crippen LogP contribution < -0.4 is 9.80 Å². The van der Waals surface area contributed by atoms with Gasteiger partial charge in [0, 0.05) is 29.4 Å². The molecule has 0 spiro atoms. The van der Waals surface area contributed by atoms with E-state index in [1.807, 2.05) is 42.5 Å². The molecule has 8 nitrogen and oxygen atoms in total. The summed E-state index contributed by atoms with van der Waals surface area (Å²) in [5.41, 5.74) is 3.30. The van der Waals surface area contributed by atoms with Gasteiger partial charge in [-0.3, -0.25) is 14.6 Å². The predicted octanol–water partition coefficient (Wildman–Crippen LogP) is 5.54. The molecule has 2 amide bonds. The number of anilines is 2. The Morgan fingerprint density at radius 3 is 2.44 bits per heavy atom. The maximum atomic E-state index is 13.8. The van der Waals surface area contributed by atoms with E-state index in [-0.39, 0.29) is 24.3 Å². The van der Waals surface area contributed by atoms with Gasteiger partial charge in [0.05, 0.1) is 11.0 Å². The molecule has 39 heavy (non-hydrogen) atoms. The van der Waals surface area contributed by atoms with E-state index in [1.165, 1.54) is 11.9 Å². The SMILES string of the molecule is CN(C(=O)O)c1nc2cc(C3(O)c4ccccc4C(=O)N3c3cccc(Cc4ccccc4)c3)ccc2[nH]1.Cl. The standard InChI is InChI=1S/C30H24N4O4.ClH/c1-33(29(36)37)28-31-25-15-14-21(18-26(25)32-28)30(38)24-13-6-5-12-23(24)27(35)34(30)22-11-7-10-20(17-22)16-19-8-3-2-4-9-19;/h2-15,17-18,38H,16H2,1H3,(H,31,32)(H,36,37);1H. The van der Waals surface area contributed by atoms with Crippen molar-refractivity contribution in [3.8, 4) is 0 Å². The van der Waals surface area contributed by atoms with Gasteiger partial charge in [0.2, 0.25) is 5.95 Å². The van der Waals surface area contributed by atoms with Crippen molar-refractivity contribution in [3.63, 3.8) is 0 Å². The molecule has 1 aromatic heterocycles. The van der Waals surface area contributed by atoms with Crippen molar-refractivity contribution in [2.45, 2.75) is 12.1 Å². The van der Waals surface area contributed by atoms with E-state index in [4.69, 9.17) is 0 Å². The molecule has 0 radical (unpaired) electrons. The molecule has 4 aromatic carbocycles. The van der Waals surface area contributed by atoms with Crippen LogP contribution in [0.3, 0.4) is 0 Å². The number of rotatable bonds is 5. The van der Waals surface area contributed by atoms with Crippen molar-refractivity contribution in [2.75, 3.05) is 16.8 Å². The van der Waals surface area contributed by atoms with Crippen molar-refractivity contribution in [1.29, 1.82) is 0 Å². The number of hydrogen-bond donors (Lipinski definition) is 3. The lowest BCUT2D eigenvalue weighted by atomic mass is 9.93. The van der Waals surface area contributed by atoms with Crippen molar-refractivity contribution in [3.05, 3.63) is 125 Å². The minimum atomic E-state index is -1.80. The molecule has 1 unspecified atom stereocenters. The number of halogens is 1. The van der Waals surface area contributed by atoms with E-state index < -0.39 is 11.8 Å². The van der Waals surface area contributed by atoms with E-state index in [1.54, 1.807) is 42.5 Å². The van der Waals surface area contributed by atoms with Crippen molar-refractivity contribution in [2.24, 2.45) is 0 Å². The fourth-order valence-corrected chi connectivity index (χ4v) is 5.05. The molecule has 0 aliphatic carbocycles. The first-order valence-corrected chi connectivity index (χ1v) is 12.1. The number of amides is 2. The van der Waals surface area contributed by atoms with E-state index >= 15 is 0 Å². The number of carbonyl (C=O) groups is 2. The third-order valence-electron chi connectivity index (χ3n) is 6.96. The molecule has 0 saturated carbocycles. The van der Waals surface area contributed by atoms with Crippen molar-refractivity contribution >= 4 is 47.1 Å². The first-order chi connectivity index (χ1) is 18.4. The topological polar surface area (TPSA) is 110 Å². The minimum Gasteiger partial charge on any atom is -0.465 e. The number of aromatic nitrogens is 2. The first-order valence-electron chi connectivity index (χ1n) is 12.1. The Morgan fingerprint density at radius 2 is 1.67 bits per heavy atom. The molecule has 9 heteroatoms. The third kappa shape index (κ3) is 4.29. The summed E-state index contributed by atoms with van der Waals surface area (Å²) in [6, 6.07) is 29.8. The van der Waals surface area contributed by atoms with Gasteiger partial charge in [-0.25, -0.2) is 9.78 Å². The van der Waals surface area contributed by atoms with Gasteiger partial charge in [0.1, 0.15) is 0 Å². The molecular weight excluding hydrogens is 516 g/mol. The van der Waals surface area contributed by atoms with Gasteiger partial charge in [-0.05, 0) is 47.9 Å². The van der Waals surface area contributed by atoms with E-state index in [2.05, 4.69) is 22.1 Å². The number of hydrogen-bond acceptors (Lipinski definition) is 4. The Balaban J connectivity index is 0.00000308. The van der Waals surface area contributed by atoms with Crippen molar-refractivity contribution < 1.29 is 19.8 Å². The molecule has 1 atom stereocenters. The van der Waals surface area contributed by atoms with Gasteiger partial charge in [0.25, 0.3) is 5.91 Å². The summed E-state index contributed by atoms with van der Waals surface area (Å²) < 4.78 is 0. The average Bonchev–Trinajstić information content (AvgIpc) is 3.46. The third-order valence-corrected chi connectivity index (χ3v) is 6.96. The lowest BCUT2D eigenvalue weighted by molar-refractivity contribution is 0.0704. The fraction of sp³-hybridized carbons (Fsp3) is 0.100. The molecule has 196 valence electrons. The molecule has 3 N–H and O–H groups in total. The van der Waals surface area contributed by atoms with Crippen LogP contribution in [0.15, 0.2) is 97.1 Å². The maximum Gasteiger partial charge on any atom is 0.413 e. The molecule has 6 rings (SSSR count). The summed E-state index contributed by atoms with van der Waals surface area (Å²) in [6.45, 7) is 0. The second-order valence-electron chi connectivity index (χ2n) is 9.32.